The highest BCUT2D eigenvalue weighted by Crippen LogP contribution is 2.37. The van der Waals surface area contributed by atoms with Crippen LogP contribution in [0.5, 0.6) is 0 Å². The first-order chi connectivity index (χ1) is 13.0. The molecule has 0 spiro atoms. The normalized spacial score (nSPS) is 15.8. The predicted octanol–water partition coefficient (Wildman–Crippen LogP) is 6.49. The summed E-state index contributed by atoms with van der Waals surface area (Å²) in [6.45, 7) is 0. The van der Waals surface area contributed by atoms with Crippen LogP contribution in [0.25, 0.3) is 17.4 Å². The molecule has 4 nitrogen and oxygen atoms in total. The molecule has 0 N–H and O–H groups in total. The number of furan rings is 1. The predicted molar refractivity (Wildman–Crippen MR) is 109 cm³/mol. The highest BCUT2D eigenvalue weighted by atomic mass is 35.5. The molecule has 4 rings (SSSR count). The first-order valence-corrected chi connectivity index (χ1v) is 9.49. The fourth-order valence-electron chi connectivity index (χ4n) is 2.67. The Morgan fingerprint density at radius 3 is 2.48 bits per heavy atom. The molecular weight excluding hydrogens is 405 g/mol. The Labute approximate surface area is 169 Å². The van der Waals surface area contributed by atoms with E-state index in [-0.39, 0.29) is 11.1 Å². The first kappa shape index (κ1) is 17.9. The van der Waals surface area contributed by atoms with Crippen LogP contribution in [-0.4, -0.2) is 11.1 Å². The fraction of sp³-hybridized carbons (Fsp3) is 0. The van der Waals surface area contributed by atoms with Gasteiger partial charge < -0.3 is 4.42 Å². The number of nitrogens with zero attached hydrogens (tertiary/aromatic N) is 1. The molecule has 0 bridgehead atoms. The number of carbonyl (C=O) groups is 2. The van der Waals surface area contributed by atoms with Gasteiger partial charge in [-0.1, -0.05) is 47.5 Å². The van der Waals surface area contributed by atoms with E-state index in [0.29, 0.717) is 37.7 Å². The zero-order valence-corrected chi connectivity index (χ0v) is 16.0. The van der Waals surface area contributed by atoms with Crippen LogP contribution < -0.4 is 4.90 Å². The second kappa shape index (κ2) is 7.27. The van der Waals surface area contributed by atoms with E-state index in [0.717, 1.165) is 16.7 Å². The molecule has 1 aliphatic rings. The number of thioether (sulfide) groups is 1. The fourth-order valence-corrected chi connectivity index (χ4v) is 3.88. The van der Waals surface area contributed by atoms with Crippen molar-refractivity contribution < 1.29 is 14.0 Å². The van der Waals surface area contributed by atoms with Gasteiger partial charge in [0.1, 0.15) is 11.5 Å². The maximum absolute atomic E-state index is 12.6. The van der Waals surface area contributed by atoms with Crippen LogP contribution in [0.2, 0.25) is 10.0 Å². The minimum absolute atomic E-state index is 0.293. The number of hydrogen-bond acceptors (Lipinski definition) is 4. The molecule has 0 radical (unpaired) electrons. The van der Waals surface area contributed by atoms with Crippen LogP contribution in [0.4, 0.5) is 10.5 Å². The standard InChI is InChI=1S/C20H11Cl2NO3S/c21-15-8-4-7-14(18(15)22)16-10-9-13(26-16)11-17-19(24)23(20(25)27-17)12-5-2-1-3-6-12/h1-11H. The molecule has 2 aromatic carbocycles. The molecule has 1 aliphatic heterocycles. The third kappa shape index (κ3) is 3.41. The molecule has 1 saturated heterocycles. The van der Waals surface area contributed by atoms with Gasteiger partial charge in [0.15, 0.2) is 0 Å². The monoisotopic (exact) mass is 415 g/mol. The van der Waals surface area contributed by atoms with Crippen LogP contribution in [-0.2, 0) is 4.79 Å². The molecule has 0 unspecified atom stereocenters. The van der Waals surface area contributed by atoms with Crippen molar-refractivity contribution in [3.8, 4) is 11.3 Å². The molecule has 0 atom stereocenters. The number of para-hydroxylation sites is 1. The maximum Gasteiger partial charge on any atom is 0.298 e. The molecule has 2 heterocycles. The van der Waals surface area contributed by atoms with Gasteiger partial charge in [0, 0.05) is 11.6 Å². The summed E-state index contributed by atoms with van der Waals surface area (Å²) in [6, 6.07) is 17.5. The highest BCUT2D eigenvalue weighted by Gasteiger charge is 2.36. The van der Waals surface area contributed by atoms with Crippen LogP contribution in [0.3, 0.4) is 0 Å². The van der Waals surface area contributed by atoms with E-state index >= 15 is 0 Å². The number of amides is 2. The number of hydrogen-bond donors (Lipinski definition) is 0. The molecule has 27 heavy (non-hydrogen) atoms. The summed E-state index contributed by atoms with van der Waals surface area (Å²) in [5.41, 5.74) is 1.19. The van der Waals surface area contributed by atoms with E-state index in [9.17, 15) is 9.59 Å². The van der Waals surface area contributed by atoms with E-state index in [1.807, 2.05) is 6.07 Å². The lowest BCUT2D eigenvalue weighted by atomic mass is 10.2. The number of benzene rings is 2. The summed E-state index contributed by atoms with van der Waals surface area (Å²) >= 11 is 13.1. The molecule has 3 aromatic rings. The van der Waals surface area contributed by atoms with Gasteiger partial charge >= 0.3 is 0 Å². The Morgan fingerprint density at radius 2 is 1.70 bits per heavy atom. The van der Waals surface area contributed by atoms with Crippen molar-refractivity contribution in [2.75, 3.05) is 4.90 Å². The SMILES string of the molecule is O=C1SC(=Cc2ccc(-c3cccc(Cl)c3Cl)o2)C(=O)N1c1ccccc1. The number of halogens is 2. The van der Waals surface area contributed by atoms with Crippen LogP contribution in [0.15, 0.2) is 70.0 Å². The van der Waals surface area contributed by atoms with Crippen molar-refractivity contribution in [1.82, 2.24) is 0 Å². The topological polar surface area (TPSA) is 50.5 Å². The molecular formula is C20H11Cl2NO3S. The van der Waals surface area contributed by atoms with E-state index < -0.39 is 0 Å². The lowest BCUT2D eigenvalue weighted by molar-refractivity contribution is -0.113. The summed E-state index contributed by atoms with van der Waals surface area (Å²) in [4.78, 5) is 26.3. The molecule has 0 saturated carbocycles. The lowest BCUT2D eigenvalue weighted by Gasteiger charge is -2.11. The van der Waals surface area contributed by atoms with Crippen molar-refractivity contribution >= 4 is 57.9 Å². The van der Waals surface area contributed by atoms with Gasteiger partial charge in [-0.3, -0.25) is 9.59 Å². The molecule has 1 aromatic heterocycles. The van der Waals surface area contributed by atoms with Gasteiger partial charge in [-0.05, 0) is 48.2 Å². The Balaban J connectivity index is 1.64. The van der Waals surface area contributed by atoms with Crippen molar-refractivity contribution in [3.05, 3.63) is 81.4 Å². The molecule has 2 amide bonds. The van der Waals surface area contributed by atoms with E-state index in [4.69, 9.17) is 27.6 Å². The van der Waals surface area contributed by atoms with Crippen molar-refractivity contribution in [2.24, 2.45) is 0 Å². The molecule has 7 heteroatoms. The quantitative estimate of drug-likeness (QED) is 0.458. The summed E-state index contributed by atoms with van der Waals surface area (Å²) < 4.78 is 5.78. The Bertz CT molecular complexity index is 1080. The molecule has 134 valence electrons. The van der Waals surface area contributed by atoms with Crippen LogP contribution in [0, 0.1) is 0 Å². The number of imide groups is 1. The second-order valence-electron chi connectivity index (χ2n) is 5.66. The highest BCUT2D eigenvalue weighted by molar-refractivity contribution is 8.19. The first-order valence-electron chi connectivity index (χ1n) is 7.92. The molecule has 1 fully saturated rings. The minimum Gasteiger partial charge on any atom is -0.457 e. The summed E-state index contributed by atoms with van der Waals surface area (Å²) in [5, 5.41) is 0.475. The Morgan fingerprint density at radius 1 is 0.926 bits per heavy atom. The Kier molecular flexibility index (Phi) is 4.83. The number of carbonyl (C=O) groups excluding carboxylic acids is 2. The van der Waals surface area contributed by atoms with Gasteiger partial charge in [-0.25, -0.2) is 4.90 Å². The summed E-state index contributed by atoms with van der Waals surface area (Å²) in [5.74, 6) is 0.588. The smallest absolute Gasteiger partial charge is 0.298 e. The minimum atomic E-state index is -0.380. The number of rotatable bonds is 3. The van der Waals surface area contributed by atoms with Gasteiger partial charge in [0.05, 0.1) is 20.6 Å². The van der Waals surface area contributed by atoms with Crippen LogP contribution >= 0.6 is 35.0 Å². The Hall–Kier alpha value is -2.47. The third-order valence-corrected chi connectivity index (χ3v) is 5.61. The van der Waals surface area contributed by atoms with Crippen molar-refractivity contribution in [3.63, 3.8) is 0 Å². The maximum atomic E-state index is 12.6. The van der Waals surface area contributed by atoms with Crippen molar-refractivity contribution in [1.29, 1.82) is 0 Å². The zero-order chi connectivity index (χ0) is 19.0. The van der Waals surface area contributed by atoms with Gasteiger partial charge in [0.2, 0.25) is 0 Å². The molecule has 0 aliphatic carbocycles. The average molecular weight is 416 g/mol. The summed E-state index contributed by atoms with van der Waals surface area (Å²) in [7, 11) is 0. The van der Waals surface area contributed by atoms with Gasteiger partial charge in [0.25, 0.3) is 11.1 Å². The second-order valence-corrected chi connectivity index (χ2v) is 7.43. The van der Waals surface area contributed by atoms with E-state index in [2.05, 4.69) is 0 Å². The lowest BCUT2D eigenvalue weighted by Crippen LogP contribution is -2.27. The zero-order valence-electron chi connectivity index (χ0n) is 13.7. The summed E-state index contributed by atoms with van der Waals surface area (Å²) in [6.07, 6.45) is 1.55. The van der Waals surface area contributed by atoms with Crippen LogP contribution in [0.1, 0.15) is 5.76 Å². The largest absolute Gasteiger partial charge is 0.457 e. The third-order valence-electron chi connectivity index (χ3n) is 3.93. The number of anilines is 1. The van der Waals surface area contributed by atoms with Gasteiger partial charge in [-0.2, -0.15) is 0 Å². The van der Waals surface area contributed by atoms with Crippen molar-refractivity contribution in [2.45, 2.75) is 0 Å². The average Bonchev–Trinajstić information content (AvgIpc) is 3.23. The van der Waals surface area contributed by atoms with E-state index in [1.165, 1.54) is 0 Å². The van der Waals surface area contributed by atoms with E-state index in [1.54, 1.807) is 60.7 Å². The van der Waals surface area contributed by atoms with Gasteiger partial charge in [-0.15, -0.1) is 0 Å².